The quantitative estimate of drug-likeness (QED) is 0.541. The molecule has 2 amide bonds. The molecule has 62 valence electrons. The van der Waals surface area contributed by atoms with E-state index in [4.69, 9.17) is 5.73 Å². The molecule has 1 rings (SSSR count). The lowest BCUT2D eigenvalue weighted by Crippen LogP contribution is -2.45. The Kier molecular flexibility index (Phi) is 1.62. The van der Waals surface area contributed by atoms with Gasteiger partial charge in [-0.15, -0.1) is 0 Å². The first-order valence-electron chi connectivity index (χ1n) is 3.52. The van der Waals surface area contributed by atoms with Crippen molar-refractivity contribution in [2.45, 2.75) is 25.8 Å². The lowest BCUT2D eigenvalue weighted by atomic mass is 10.0. The largest absolute Gasteiger partial charge is 0.351 e. The number of likely N-dealkylation sites (tertiary alicyclic amines) is 1. The van der Waals surface area contributed by atoms with E-state index in [1.807, 2.05) is 13.8 Å². The molecule has 0 atom stereocenters. The molecule has 1 fully saturated rings. The van der Waals surface area contributed by atoms with Crippen molar-refractivity contribution in [3.8, 4) is 0 Å². The van der Waals surface area contributed by atoms with Crippen molar-refractivity contribution in [2.75, 3.05) is 6.54 Å². The van der Waals surface area contributed by atoms with Gasteiger partial charge in [-0.25, -0.2) is 4.79 Å². The van der Waals surface area contributed by atoms with Crippen LogP contribution in [-0.4, -0.2) is 28.8 Å². The van der Waals surface area contributed by atoms with Crippen molar-refractivity contribution < 1.29 is 9.59 Å². The first-order chi connectivity index (χ1) is 4.93. The molecular formula is C7H12N2O2. The van der Waals surface area contributed by atoms with Gasteiger partial charge in [-0.1, -0.05) is 0 Å². The van der Waals surface area contributed by atoms with E-state index >= 15 is 0 Å². The molecule has 0 aromatic heterocycles. The molecule has 0 unspecified atom stereocenters. The lowest BCUT2D eigenvalue weighted by Gasteiger charge is -2.28. The zero-order valence-electron chi connectivity index (χ0n) is 6.76. The molecule has 0 aromatic rings. The van der Waals surface area contributed by atoms with E-state index in [0.717, 1.165) is 0 Å². The fourth-order valence-electron chi connectivity index (χ4n) is 1.40. The molecule has 11 heavy (non-hydrogen) atoms. The average molecular weight is 156 g/mol. The van der Waals surface area contributed by atoms with Gasteiger partial charge in [-0.2, -0.15) is 0 Å². The third-order valence-corrected chi connectivity index (χ3v) is 1.96. The molecule has 1 heterocycles. The summed E-state index contributed by atoms with van der Waals surface area (Å²) in [4.78, 5) is 23.1. The molecule has 1 saturated heterocycles. The first-order valence-corrected chi connectivity index (χ1v) is 3.52. The Morgan fingerprint density at radius 3 is 2.36 bits per heavy atom. The zero-order valence-corrected chi connectivity index (χ0v) is 6.76. The van der Waals surface area contributed by atoms with Crippen molar-refractivity contribution in [3.05, 3.63) is 0 Å². The molecule has 2 N–H and O–H groups in total. The number of primary amides is 1. The van der Waals surface area contributed by atoms with E-state index in [2.05, 4.69) is 0 Å². The molecule has 0 spiro atoms. The molecular weight excluding hydrogens is 144 g/mol. The maximum atomic E-state index is 10.9. The highest BCUT2D eigenvalue weighted by atomic mass is 16.2. The predicted octanol–water partition coefficient (Wildman–Crippen LogP) is 0.118. The van der Waals surface area contributed by atoms with Gasteiger partial charge in [0.1, 0.15) is 0 Å². The van der Waals surface area contributed by atoms with E-state index in [0.29, 0.717) is 6.42 Å². The molecule has 1 aliphatic rings. The van der Waals surface area contributed by atoms with Crippen LogP contribution in [-0.2, 0) is 4.79 Å². The molecule has 4 heteroatoms. The topological polar surface area (TPSA) is 63.4 Å². The monoisotopic (exact) mass is 156 g/mol. The summed E-state index contributed by atoms with van der Waals surface area (Å²) in [7, 11) is 0. The highest BCUT2D eigenvalue weighted by Crippen LogP contribution is 2.25. The molecule has 0 saturated carbocycles. The number of urea groups is 1. The van der Waals surface area contributed by atoms with Gasteiger partial charge in [0.15, 0.2) is 5.78 Å². The first kappa shape index (κ1) is 8.04. The average Bonchev–Trinajstić information content (AvgIpc) is 2.04. The second-order valence-corrected chi connectivity index (χ2v) is 3.45. The van der Waals surface area contributed by atoms with E-state index < -0.39 is 6.03 Å². The van der Waals surface area contributed by atoms with Crippen molar-refractivity contribution in [2.24, 2.45) is 5.73 Å². The van der Waals surface area contributed by atoms with Gasteiger partial charge in [-0.05, 0) is 13.8 Å². The van der Waals surface area contributed by atoms with E-state index in [9.17, 15) is 9.59 Å². The summed E-state index contributed by atoms with van der Waals surface area (Å²) in [5, 5.41) is 0. The van der Waals surface area contributed by atoms with Gasteiger partial charge >= 0.3 is 6.03 Å². The Morgan fingerprint density at radius 1 is 1.64 bits per heavy atom. The Labute approximate surface area is 65.3 Å². The molecule has 0 bridgehead atoms. The zero-order chi connectivity index (χ0) is 8.65. The minimum atomic E-state index is -0.513. The number of nitrogens with zero attached hydrogens (tertiary/aromatic N) is 1. The maximum absolute atomic E-state index is 10.9. The molecule has 0 aliphatic carbocycles. The molecule has 1 aliphatic heterocycles. The molecule has 4 nitrogen and oxygen atoms in total. The maximum Gasteiger partial charge on any atom is 0.315 e. The van der Waals surface area contributed by atoms with Crippen LogP contribution in [0.25, 0.3) is 0 Å². The normalized spacial score (nSPS) is 22.4. The van der Waals surface area contributed by atoms with Crippen molar-refractivity contribution in [1.29, 1.82) is 0 Å². The summed E-state index contributed by atoms with van der Waals surface area (Å²) in [6, 6.07) is -0.513. The number of carbonyl (C=O) groups is 2. The number of Topliss-reactive ketones (excluding diaryl/α,β-unsaturated/α-hetero) is 1. The van der Waals surface area contributed by atoms with Gasteiger partial charge in [-0.3, -0.25) is 4.79 Å². The Morgan fingerprint density at radius 2 is 2.18 bits per heavy atom. The third kappa shape index (κ3) is 1.34. The number of ketones is 1. The van der Waals surface area contributed by atoms with Crippen molar-refractivity contribution in [3.63, 3.8) is 0 Å². The summed E-state index contributed by atoms with van der Waals surface area (Å²) >= 11 is 0. The van der Waals surface area contributed by atoms with Gasteiger partial charge in [0.2, 0.25) is 0 Å². The molecule has 0 aromatic carbocycles. The number of hydrogen-bond acceptors (Lipinski definition) is 2. The van der Waals surface area contributed by atoms with E-state index in [1.54, 1.807) is 0 Å². The van der Waals surface area contributed by atoms with E-state index in [1.165, 1.54) is 4.90 Å². The number of amides is 2. The Bertz CT molecular complexity index is 210. The van der Waals surface area contributed by atoms with Crippen LogP contribution < -0.4 is 5.73 Å². The minimum Gasteiger partial charge on any atom is -0.351 e. The number of hydrogen-bond donors (Lipinski definition) is 1. The van der Waals surface area contributed by atoms with Crippen molar-refractivity contribution >= 4 is 11.8 Å². The van der Waals surface area contributed by atoms with Gasteiger partial charge in [0.25, 0.3) is 0 Å². The lowest BCUT2D eigenvalue weighted by molar-refractivity contribution is -0.116. The smallest absolute Gasteiger partial charge is 0.315 e. The summed E-state index contributed by atoms with van der Waals surface area (Å²) in [6.45, 7) is 3.84. The summed E-state index contributed by atoms with van der Waals surface area (Å²) in [6.07, 6.45) is 0.413. The Balaban J connectivity index is 2.82. The van der Waals surface area contributed by atoms with Crippen LogP contribution in [0, 0.1) is 0 Å². The third-order valence-electron chi connectivity index (χ3n) is 1.96. The van der Waals surface area contributed by atoms with Crippen LogP contribution in [0.3, 0.4) is 0 Å². The highest BCUT2D eigenvalue weighted by Gasteiger charge is 2.39. The minimum absolute atomic E-state index is 0.0776. The SMILES string of the molecule is CC1(C)CC(=O)CN1C(N)=O. The van der Waals surface area contributed by atoms with Crippen LogP contribution in [0.15, 0.2) is 0 Å². The fourth-order valence-corrected chi connectivity index (χ4v) is 1.40. The number of rotatable bonds is 0. The summed E-state index contributed by atoms with van der Waals surface area (Å²) < 4.78 is 0. The summed E-state index contributed by atoms with van der Waals surface area (Å²) in [5.74, 6) is 0.0776. The number of carbonyl (C=O) groups excluding carboxylic acids is 2. The predicted molar refractivity (Wildman–Crippen MR) is 40.0 cm³/mol. The summed E-state index contributed by atoms with van der Waals surface area (Å²) in [5.41, 5.74) is 4.68. The second kappa shape index (κ2) is 2.22. The van der Waals surface area contributed by atoms with Crippen LogP contribution >= 0.6 is 0 Å². The van der Waals surface area contributed by atoms with Crippen LogP contribution in [0.4, 0.5) is 4.79 Å². The highest BCUT2D eigenvalue weighted by molar-refractivity contribution is 5.90. The molecule has 0 radical (unpaired) electrons. The number of nitrogens with two attached hydrogens (primary N) is 1. The van der Waals surface area contributed by atoms with Crippen molar-refractivity contribution in [1.82, 2.24) is 4.90 Å². The standard InChI is InChI=1S/C7H12N2O2/c1-7(2)3-5(10)4-9(7)6(8)11/h3-4H2,1-2H3,(H2,8,11). The van der Waals surface area contributed by atoms with Crippen LogP contribution in [0.5, 0.6) is 0 Å². The van der Waals surface area contributed by atoms with Gasteiger partial charge in [0, 0.05) is 12.0 Å². The van der Waals surface area contributed by atoms with Gasteiger partial charge in [0.05, 0.1) is 6.54 Å². The van der Waals surface area contributed by atoms with Gasteiger partial charge < -0.3 is 10.6 Å². The second-order valence-electron chi connectivity index (χ2n) is 3.45. The van der Waals surface area contributed by atoms with Crippen LogP contribution in [0.1, 0.15) is 20.3 Å². The fraction of sp³-hybridized carbons (Fsp3) is 0.714. The van der Waals surface area contributed by atoms with E-state index in [-0.39, 0.29) is 17.9 Å². The Hall–Kier alpha value is -1.06. The van der Waals surface area contributed by atoms with Crippen LogP contribution in [0.2, 0.25) is 0 Å².